The Labute approximate surface area is 164 Å². The molecular formula is C21H37N3O3. The number of methoxy groups -OCH3 is 1. The van der Waals surface area contributed by atoms with Gasteiger partial charge in [0.15, 0.2) is 5.96 Å². The fraction of sp³-hybridized carbons (Fsp3) is 0.667. The second-order valence-electron chi connectivity index (χ2n) is 6.86. The molecule has 27 heavy (non-hydrogen) atoms. The summed E-state index contributed by atoms with van der Waals surface area (Å²) < 4.78 is 16.2. The van der Waals surface area contributed by atoms with E-state index in [-0.39, 0.29) is 6.04 Å². The molecule has 1 unspecified atom stereocenters. The van der Waals surface area contributed by atoms with Crippen molar-refractivity contribution >= 4 is 5.96 Å². The van der Waals surface area contributed by atoms with E-state index in [0.717, 1.165) is 37.8 Å². The molecule has 0 aliphatic rings. The third-order valence-corrected chi connectivity index (χ3v) is 3.81. The number of aliphatic imine (C=N–C) groups is 1. The van der Waals surface area contributed by atoms with Crippen molar-refractivity contribution in [2.75, 3.05) is 46.6 Å². The lowest BCUT2D eigenvalue weighted by Gasteiger charge is -2.18. The van der Waals surface area contributed by atoms with Crippen molar-refractivity contribution in [2.24, 2.45) is 10.9 Å². The van der Waals surface area contributed by atoms with Crippen LogP contribution in [0.3, 0.4) is 0 Å². The molecular weight excluding hydrogens is 342 g/mol. The van der Waals surface area contributed by atoms with Gasteiger partial charge >= 0.3 is 0 Å². The first-order valence-corrected chi connectivity index (χ1v) is 9.91. The predicted molar refractivity (Wildman–Crippen MR) is 112 cm³/mol. The Balaban J connectivity index is 2.46. The molecule has 0 saturated heterocycles. The van der Waals surface area contributed by atoms with Gasteiger partial charge < -0.3 is 24.8 Å². The number of rotatable bonds is 13. The Kier molecular flexibility index (Phi) is 12.3. The van der Waals surface area contributed by atoms with Crippen molar-refractivity contribution in [1.82, 2.24) is 10.6 Å². The van der Waals surface area contributed by atoms with Crippen LogP contribution in [0.25, 0.3) is 0 Å². The van der Waals surface area contributed by atoms with Gasteiger partial charge in [-0.25, -0.2) is 0 Å². The van der Waals surface area contributed by atoms with E-state index in [2.05, 4.69) is 55.5 Å². The topological polar surface area (TPSA) is 64.1 Å². The van der Waals surface area contributed by atoms with Crippen molar-refractivity contribution in [2.45, 2.75) is 40.2 Å². The van der Waals surface area contributed by atoms with E-state index in [0.29, 0.717) is 25.7 Å². The van der Waals surface area contributed by atoms with E-state index in [1.165, 1.54) is 5.56 Å². The Morgan fingerprint density at radius 2 is 1.81 bits per heavy atom. The van der Waals surface area contributed by atoms with E-state index < -0.39 is 0 Å². The quantitative estimate of drug-likeness (QED) is 0.312. The first kappa shape index (κ1) is 23.2. The van der Waals surface area contributed by atoms with Crippen LogP contribution in [0, 0.1) is 5.92 Å². The van der Waals surface area contributed by atoms with Gasteiger partial charge in [-0.1, -0.05) is 26.0 Å². The Morgan fingerprint density at radius 3 is 2.44 bits per heavy atom. The SMILES string of the molecule is CCNC(=NCCCOCCOC)NC(C)c1ccc(OCC(C)C)cc1. The summed E-state index contributed by atoms with van der Waals surface area (Å²) in [5, 5.41) is 6.74. The largest absolute Gasteiger partial charge is 0.493 e. The average molecular weight is 380 g/mol. The van der Waals surface area contributed by atoms with Gasteiger partial charge in [-0.2, -0.15) is 0 Å². The first-order valence-electron chi connectivity index (χ1n) is 9.91. The molecule has 0 bridgehead atoms. The van der Waals surface area contributed by atoms with Gasteiger partial charge in [-0.15, -0.1) is 0 Å². The fourth-order valence-corrected chi connectivity index (χ4v) is 2.33. The molecule has 0 amide bonds. The summed E-state index contributed by atoms with van der Waals surface area (Å²) in [5.41, 5.74) is 1.19. The zero-order chi connectivity index (χ0) is 19.9. The summed E-state index contributed by atoms with van der Waals surface area (Å²) in [5.74, 6) is 2.25. The molecule has 0 radical (unpaired) electrons. The minimum atomic E-state index is 0.153. The average Bonchev–Trinajstić information content (AvgIpc) is 2.66. The maximum atomic E-state index is 5.75. The lowest BCUT2D eigenvalue weighted by molar-refractivity contribution is 0.0702. The number of ether oxygens (including phenoxy) is 3. The molecule has 6 heteroatoms. The summed E-state index contributed by atoms with van der Waals surface area (Å²) in [6.45, 7) is 12.7. The minimum absolute atomic E-state index is 0.153. The number of hydrogen-bond acceptors (Lipinski definition) is 4. The lowest BCUT2D eigenvalue weighted by Crippen LogP contribution is -2.38. The van der Waals surface area contributed by atoms with Crippen molar-refractivity contribution in [3.63, 3.8) is 0 Å². The predicted octanol–water partition coefficient (Wildman–Crippen LogP) is 3.39. The number of guanidine groups is 1. The summed E-state index contributed by atoms with van der Waals surface area (Å²) >= 11 is 0. The van der Waals surface area contributed by atoms with Crippen molar-refractivity contribution in [3.05, 3.63) is 29.8 Å². The standard InChI is InChI=1S/C21H37N3O3/c1-6-22-21(23-12-7-13-26-15-14-25-5)24-18(4)19-8-10-20(11-9-19)27-16-17(2)3/h8-11,17-18H,6-7,12-16H2,1-5H3,(H2,22,23,24). The van der Waals surface area contributed by atoms with Gasteiger partial charge in [-0.05, 0) is 43.9 Å². The van der Waals surface area contributed by atoms with Crippen LogP contribution in [0.15, 0.2) is 29.3 Å². The third-order valence-electron chi connectivity index (χ3n) is 3.81. The van der Waals surface area contributed by atoms with Crippen molar-refractivity contribution in [1.29, 1.82) is 0 Å². The van der Waals surface area contributed by atoms with E-state index in [1.54, 1.807) is 7.11 Å². The molecule has 0 heterocycles. The highest BCUT2D eigenvalue weighted by molar-refractivity contribution is 5.80. The van der Waals surface area contributed by atoms with Gasteiger partial charge in [0.05, 0.1) is 25.9 Å². The van der Waals surface area contributed by atoms with Gasteiger partial charge in [0, 0.05) is 26.8 Å². The fourth-order valence-electron chi connectivity index (χ4n) is 2.33. The Bertz CT molecular complexity index is 518. The molecule has 0 spiro atoms. The highest BCUT2D eigenvalue weighted by Crippen LogP contribution is 2.18. The lowest BCUT2D eigenvalue weighted by atomic mass is 10.1. The maximum absolute atomic E-state index is 5.75. The van der Waals surface area contributed by atoms with Crippen LogP contribution in [0.2, 0.25) is 0 Å². The van der Waals surface area contributed by atoms with Crippen LogP contribution in [0.1, 0.15) is 45.7 Å². The Morgan fingerprint density at radius 1 is 1.07 bits per heavy atom. The Hall–Kier alpha value is -1.79. The van der Waals surface area contributed by atoms with E-state index >= 15 is 0 Å². The van der Waals surface area contributed by atoms with Crippen LogP contribution in [0.5, 0.6) is 5.75 Å². The van der Waals surface area contributed by atoms with Gasteiger partial charge in [0.25, 0.3) is 0 Å². The molecule has 1 rings (SSSR count). The van der Waals surface area contributed by atoms with Crippen LogP contribution in [-0.4, -0.2) is 52.6 Å². The number of benzene rings is 1. The van der Waals surface area contributed by atoms with Gasteiger partial charge in [-0.3, -0.25) is 4.99 Å². The molecule has 0 fully saturated rings. The maximum Gasteiger partial charge on any atom is 0.191 e. The molecule has 6 nitrogen and oxygen atoms in total. The van der Waals surface area contributed by atoms with E-state index in [4.69, 9.17) is 14.2 Å². The zero-order valence-corrected chi connectivity index (χ0v) is 17.6. The van der Waals surface area contributed by atoms with E-state index in [9.17, 15) is 0 Å². The summed E-state index contributed by atoms with van der Waals surface area (Å²) in [6.07, 6.45) is 0.885. The first-order chi connectivity index (χ1) is 13.1. The molecule has 0 aromatic heterocycles. The van der Waals surface area contributed by atoms with Crippen molar-refractivity contribution in [3.8, 4) is 5.75 Å². The number of hydrogen-bond donors (Lipinski definition) is 2. The van der Waals surface area contributed by atoms with Crippen LogP contribution < -0.4 is 15.4 Å². The second-order valence-corrected chi connectivity index (χ2v) is 6.86. The monoisotopic (exact) mass is 379 g/mol. The number of nitrogens with one attached hydrogen (secondary N) is 2. The van der Waals surface area contributed by atoms with Crippen LogP contribution >= 0.6 is 0 Å². The summed E-state index contributed by atoms with van der Waals surface area (Å²) in [4.78, 5) is 4.62. The molecule has 1 aromatic carbocycles. The highest BCUT2D eigenvalue weighted by Gasteiger charge is 2.08. The molecule has 1 atom stereocenters. The number of nitrogens with zero attached hydrogens (tertiary/aromatic N) is 1. The second kappa shape index (κ2) is 14.3. The summed E-state index contributed by atoms with van der Waals surface area (Å²) in [6, 6.07) is 8.40. The van der Waals surface area contributed by atoms with E-state index in [1.807, 2.05) is 12.1 Å². The smallest absolute Gasteiger partial charge is 0.191 e. The van der Waals surface area contributed by atoms with Crippen LogP contribution in [-0.2, 0) is 9.47 Å². The molecule has 0 saturated carbocycles. The van der Waals surface area contributed by atoms with Crippen LogP contribution in [0.4, 0.5) is 0 Å². The van der Waals surface area contributed by atoms with Crippen molar-refractivity contribution < 1.29 is 14.2 Å². The zero-order valence-electron chi connectivity index (χ0n) is 17.6. The summed E-state index contributed by atoms with van der Waals surface area (Å²) in [7, 11) is 1.68. The highest BCUT2D eigenvalue weighted by atomic mass is 16.5. The molecule has 154 valence electrons. The van der Waals surface area contributed by atoms with Gasteiger partial charge in [0.2, 0.25) is 0 Å². The molecule has 1 aromatic rings. The minimum Gasteiger partial charge on any atom is -0.493 e. The third kappa shape index (κ3) is 10.8. The molecule has 2 N–H and O–H groups in total. The van der Waals surface area contributed by atoms with Gasteiger partial charge in [0.1, 0.15) is 5.75 Å². The molecule has 0 aliphatic carbocycles. The molecule has 0 aliphatic heterocycles. The normalized spacial score (nSPS) is 12.9.